The molecule has 7 nitrogen and oxygen atoms in total. The second-order valence-corrected chi connectivity index (χ2v) is 5.16. The maximum atomic E-state index is 11.2. The molecule has 1 heterocycles. The summed E-state index contributed by atoms with van der Waals surface area (Å²) in [6, 6.07) is 0.781. The second-order valence-electron chi connectivity index (χ2n) is 4.08. The molecule has 20 heavy (non-hydrogen) atoms. The van der Waals surface area contributed by atoms with E-state index in [2.05, 4.69) is 4.98 Å². The minimum atomic E-state index is -1.06. The first-order valence-corrected chi connectivity index (χ1v) is 6.73. The minimum absolute atomic E-state index is 0.0430. The first-order chi connectivity index (χ1) is 9.31. The Hall–Kier alpha value is -2.09. The number of primary amides is 1. The molecule has 1 rings (SSSR count). The monoisotopic (exact) mass is 297 g/mol. The van der Waals surface area contributed by atoms with E-state index in [0.29, 0.717) is 22.0 Å². The molecule has 0 unspecified atom stereocenters. The molecule has 0 saturated carbocycles. The van der Waals surface area contributed by atoms with Crippen molar-refractivity contribution in [1.82, 2.24) is 10.3 Å². The van der Waals surface area contributed by atoms with E-state index in [9.17, 15) is 19.5 Å². The summed E-state index contributed by atoms with van der Waals surface area (Å²) >= 11 is 1.15. The largest absolute Gasteiger partial charge is 0.478 e. The molecule has 3 amide bonds. The molecule has 0 aromatic carbocycles. The Balaban J connectivity index is 2.75. The van der Waals surface area contributed by atoms with Gasteiger partial charge in [0, 0.05) is 17.9 Å². The van der Waals surface area contributed by atoms with Crippen LogP contribution in [-0.4, -0.2) is 33.8 Å². The molecular weight excluding hydrogens is 282 g/mol. The average Bonchev–Trinajstić information content (AvgIpc) is 2.25. The Morgan fingerprint density at radius 3 is 2.60 bits per heavy atom. The highest BCUT2D eigenvalue weighted by Crippen LogP contribution is 2.24. The summed E-state index contributed by atoms with van der Waals surface area (Å²) in [7, 11) is 0. The third kappa shape index (κ3) is 4.54. The number of carbonyl (C=O) groups is 3. The normalized spacial score (nSPS) is 10.1. The average molecular weight is 297 g/mol. The van der Waals surface area contributed by atoms with Gasteiger partial charge in [-0.25, -0.2) is 14.6 Å². The van der Waals surface area contributed by atoms with Gasteiger partial charge in [-0.15, -0.1) is 11.8 Å². The first kappa shape index (κ1) is 16.0. The van der Waals surface area contributed by atoms with E-state index in [-0.39, 0.29) is 12.0 Å². The van der Waals surface area contributed by atoms with Crippen LogP contribution in [-0.2, 0) is 4.79 Å². The van der Waals surface area contributed by atoms with Crippen molar-refractivity contribution in [3.8, 4) is 0 Å². The van der Waals surface area contributed by atoms with Gasteiger partial charge >= 0.3 is 12.0 Å². The fourth-order valence-electron chi connectivity index (χ4n) is 1.61. The molecule has 0 radical (unpaired) electrons. The summed E-state index contributed by atoms with van der Waals surface area (Å²) in [5.74, 6) is -1.26. The molecule has 0 atom stereocenters. The Labute approximate surface area is 119 Å². The fraction of sp³-hybridized carbons (Fsp3) is 0.333. The van der Waals surface area contributed by atoms with E-state index in [0.717, 1.165) is 11.8 Å². The van der Waals surface area contributed by atoms with E-state index in [1.807, 2.05) is 5.32 Å². The molecule has 0 saturated heterocycles. The molecule has 1 aromatic rings. The highest BCUT2D eigenvalue weighted by molar-refractivity contribution is 7.99. The van der Waals surface area contributed by atoms with Gasteiger partial charge in [-0.05, 0) is 25.5 Å². The quantitative estimate of drug-likeness (QED) is 0.699. The lowest BCUT2D eigenvalue weighted by molar-refractivity contribution is -0.119. The molecule has 108 valence electrons. The second kappa shape index (κ2) is 6.90. The van der Waals surface area contributed by atoms with Gasteiger partial charge in [-0.1, -0.05) is 0 Å². The zero-order chi connectivity index (χ0) is 15.3. The number of carboxylic acids is 1. The van der Waals surface area contributed by atoms with Gasteiger partial charge in [0.25, 0.3) is 0 Å². The van der Waals surface area contributed by atoms with Crippen molar-refractivity contribution >= 4 is 29.7 Å². The molecule has 1 aromatic heterocycles. The number of rotatable bonds is 5. The zero-order valence-corrected chi connectivity index (χ0v) is 11.9. The number of pyridine rings is 1. The van der Waals surface area contributed by atoms with E-state index >= 15 is 0 Å². The number of thioether (sulfide) groups is 1. The predicted molar refractivity (Wildman–Crippen MR) is 73.7 cm³/mol. The van der Waals surface area contributed by atoms with Crippen LogP contribution in [0.5, 0.6) is 0 Å². The smallest absolute Gasteiger partial charge is 0.338 e. The number of nitrogens with zero attached hydrogens (tertiary/aromatic N) is 1. The van der Waals surface area contributed by atoms with Crippen molar-refractivity contribution in [2.45, 2.75) is 25.3 Å². The van der Waals surface area contributed by atoms with Crippen LogP contribution in [0.1, 0.15) is 28.0 Å². The molecule has 0 aliphatic rings. The van der Waals surface area contributed by atoms with Crippen molar-refractivity contribution in [3.63, 3.8) is 0 Å². The van der Waals surface area contributed by atoms with Crippen LogP contribution in [0.4, 0.5) is 4.79 Å². The molecule has 0 spiro atoms. The van der Waals surface area contributed by atoms with E-state index in [4.69, 9.17) is 5.73 Å². The van der Waals surface area contributed by atoms with Gasteiger partial charge in [0.15, 0.2) is 0 Å². The maximum Gasteiger partial charge on any atom is 0.338 e. The topological polar surface area (TPSA) is 122 Å². The number of aromatic nitrogens is 1. The number of nitrogens with one attached hydrogen (secondary N) is 1. The minimum Gasteiger partial charge on any atom is -0.478 e. The van der Waals surface area contributed by atoms with Crippen LogP contribution < -0.4 is 11.1 Å². The standard InChI is InChI=1S/C12H15N3O4S/c1-6-5-7(2)14-10(9(6)11(17)18)20-4-3-8(16)15-12(13)19/h5H,3-4H2,1-2H3,(H,17,18)(H3,13,15,16,19). The van der Waals surface area contributed by atoms with Crippen LogP contribution in [0.2, 0.25) is 0 Å². The molecule has 0 bridgehead atoms. The van der Waals surface area contributed by atoms with Crippen LogP contribution in [0.15, 0.2) is 11.1 Å². The highest BCUT2D eigenvalue weighted by Gasteiger charge is 2.16. The SMILES string of the molecule is Cc1cc(C)c(C(=O)O)c(SCCC(=O)NC(N)=O)n1. The Morgan fingerprint density at radius 1 is 1.40 bits per heavy atom. The molecular formula is C12H15N3O4S. The third-order valence-electron chi connectivity index (χ3n) is 2.36. The van der Waals surface area contributed by atoms with E-state index in [1.54, 1.807) is 19.9 Å². The summed E-state index contributed by atoms with van der Waals surface area (Å²) in [6.07, 6.45) is 0.0430. The van der Waals surface area contributed by atoms with Crippen molar-refractivity contribution in [1.29, 1.82) is 0 Å². The fourth-order valence-corrected chi connectivity index (χ4v) is 2.69. The Bertz CT molecular complexity index is 560. The number of hydrogen-bond acceptors (Lipinski definition) is 5. The van der Waals surface area contributed by atoms with E-state index in [1.165, 1.54) is 0 Å². The number of aryl methyl sites for hydroxylation is 2. The number of aromatic carboxylic acids is 1. The van der Waals surface area contributed by atoms with Gasteiger partial charge in [0.2, 0.25) is 5.91 Å². The van der Waals surface area contributed by atoms with Crippen molar-refractivity contribution < 1.29 is 19.5 Å². The summed E-state index contributed by atoms with van der Waals surface area (Å²) in [6.45, 7) is 3.46. The lowest BCUT2D eigenvalue weighted by atomic mass is 10.1. The highest BCUT2D eigenvalue weighted by atomic mass is 32.2. The van der Waals surface area contributed by atoms with Crippen LogP contribution in [0.3, 0.4) is 0 Å². The summed E-state index contributed by atoms with van der Waals surface area (Å²) in [5, 5.41) is 11.5. The number of imide groups is 1. The van der Waals surface area contributed by atoms with Crippen molar-refractivity contribution in [2.24, 2.45) is 5.73 Å². The van der Waals surface area contributed by atoms with Crippen molar-refractivity contribution in [3.05, 3.63) is 22.9 Å². The number of nitrogens with two attached hydrogens (primary N) is 1. The molecule has 0 fully saturated rings. The predicted octanol–water partition coefficient (Wildman–Crippen LogP) is 1.07. The number of amides is 3. The summed E-state index contributed by atoms with van der Waals surface area (Å²) < 4.78 is 0. The number of hydrogen-bond donors (Lipinski definition) is 3. The summed E-state index contributed by atoms with van der Waals surface area (Å²) in [4.78, 5) is 37.1. The Morgan fingerprint density at radius 2 is 2.05 bits per heavy atom. The van der Waals surface area contributed by atoms with Gasteiger partial charge in [0.05, 0.1) is 5.56 Å². The molecule has 0 aliphatic heterocycles. The summed E-state index contributed by atoms with van der Waals surface area (Å²) in [5.41, 5.74) is 6.27. The lowest BCUT2D eigenvalue weighted by Gasteiger charge is -2.09. The maximum absolute atomic E-state index is 11.2. The van der Waals surface area contributed by atoms with Crippen LogP contribution in [0, 0.1) is 13.8 Å². The lowest BCUT2D eigenvalue weighted by Crippen LogP contribution is -2.35. The number of carbonyl (C=O) groups excluding carboxylic acids is 2. The molecule has 8 heteroatoms. The van der Waals surface area contributed by atoms with Crippen LogP contribution >= 0.6 is 11.8 Å². The Kier molecular flexibility index (Phi) is 5.51. The van der Waals surface area contributed by atoms with Crippen LogP contribution in [0.25, 0.3) is 0 Å². The third-order valence-corrected chi connectivity index (χ3v) is 3.33. The first-order valence-electron chi connectivity index (χ1n) is 5.75. The van der Waals surface area contributed by atoms with Gasteiger partial charge in [-0.2, -0.15) is 0 Å². The number of carboxylic acid groups (broad SMARTS) is 1. The molecule has 0 aliphatic carbocycles. The van der Waals surface area contributed by atoms with Gasteiger partial charge < -0.3 is 10.8 Å². The van der Waals surface area contributed by atoms with Gasteiger partial charge in [0.1, 0.15) is 5.03 Å². The zero-order valence-electron chi connectivity index (χ0n) is 11.1. The number of urea groups is 1. The van der Waals surface area contributed by atoms with Gasteiger partial charge in [-0.3, -0.25) is 10.1 Å². The van der Waals surface area contributed by atoms with Crippen molar-refractivity contribution in [2.75, 3.05) is 5.75 Å². The molecule has 4 N–H and O–H groups in total. The van der Waals surface area contributed by atoms with E-state index < -0.39 is 17.9 Å².